The van der Waals surface area contributed by atoms with Crippen LogP contribution in [-0.4, -0.2) is 12.9 Å². The maximum absolute atomic E-state index is 10.8. The number of aryl methyl sites for hydroxylation is 1. The minimum Gasteiger partial charge on any atom is -0.492 e. The molecule has 0 bridgehead atoms. The van der Waals surface area contributed by atoms with Crippen molar-refractivity contribution in [1.29, 1.82) is 0 Å². The zero-order valence-corrected chi connectivity index (χ0v) is 8.66. The summed E-state index contributed by atoms with van der Waals surface area (Å²) in [7, 11) is 0. The molecule has 0 saturated heterocycles. The Morgan fingerprint density at radius 1 is 1.47 bits per heavy atom. The van der Waals surface area contributed by atoms with Gasteiger partial charge in [0.2, 0.25) is 0 Å². The van der Waals surface area contributed by atoms with Crippen molar-refractivity contribution in [3.8, 4) is 5.75 Å². The molecule has 0 aromatic heterocycles. The smallest absolute Gasteiger partial charge is 0.153 e. The first-order valence-electron chi connectivity index (χ1n) is 5.20. The molecular weight excluding hydrogens is 188 g/mol. The third-order valence-corrected chi connectivity index (χ3v) is 2.73. The summed E-state index contributed by atoms with van der Waals surface area (Å²) >= 11 is 0. The minimum absolute atomic E-state index is 0.671. The minimum atomic E-state index is 0.671. The van der Waals surface area contributed by atoms with Crippen molar-refractivity contribution in [1.82, 2.24) is 0 Å². The molecule has 2 rings (SSSR count). The average Bonchev–Trinajstić information content (AvgIpc) is 2.74. The monoisotopic (exact) mass is 202 g/mol. The first kappa shape index (κ1) is 9.97. The summed E-state index contributed by atoms with van der Waals surface area (Å²) in [5.41, 5.74) is 3.17. The molecular formula is C13H14O2. The van der Waals surface area contributed by atoms with E-state index in [1.54, 1.807) is 0 Å². The Bertz CT molecular complexity index is 394. The molecule has 2 nitrogen and oxygen atoms in total. The van der Waals surface area contributed by atoms with Crippen LogP contribution in [0.4, 0.5) is 0 Å². The standard InChI is InChI=1S/C13H14O2/c1-2-3-4-10-5-6-11(9-14)13-12(10)7-8-15-13/h2,5-6,9H,1,3-4,7-8H2. The van der Waals surface area contributed by atoms with E-state index in [4.69, 9.17) is 4.74 Å². The number of fused-ring (bicyclic) bond motifs is 1. The Labute approximate surface area is 89.6 Å². The topological polar surface area (TPSA) is 26.3 Å². The van der Waals surface area contributed by atoms with Gasteiger partial charge >= 0.3 is 0 Å². The lowest BCUT2D eigenvalue weighted by atomic mass is 9.98. The Hall–Kier alpha value is -1.57. The summed E-state index contributed by atoms with van der Waals surface area (Å²) in [5.74, 6) is 0.798. The molecule has 15 heavy (non-hydrogen) atoms. The van der Waals surface area contributed by atoms with Gasteiger partial charge < -0.3 is 4.74 Å². The number of aldehydes is 1. The van der Waals surface area contributed by atoms with E-state index in [1.165, 1.54) is 11.1 Å². The number of rotatable bonds is 4. The van der Waals surface area contributed by atoms with Crippen molar-refractivity contribution >= 4 is 6.29 Å². The maximum atomic E-state index is 10.8. The van der Waals surface area contributed by atoms with Crippen LogP contribution >= 0.6 is 0 Å². The molecule has 2 heteroatoms. The highest BCUT2D eigenvalue weighted by Crippen LogP contribution is 2.32. The second-order valence-electron chi connectivity index (χ2n) is 3.67. The van der Waals surface area contributed by atoms with Crippen molar-refractivity contribution in [3.05, 3.63) is 41.5 Å². The van der Waals surface area contributed by atoms with Gasteiger partial charge in [0.15, 0.2) is 6.29 Å². The molecule has 1 aromatic carbocycles. The highest BCUT2D eigenvalue weighted by molar-refractivity contribution is 5.81. The van der Waals surface area contributed by atoms with E-state index in [0.29, 0.717) is 12.2 Å². The van der Waals surface area contributed by atoms with Crippen molar-refractivity contribution in [3.63, 3.8) is 0 Å². The molecule has 0 radical (unpaired) electrons. The van der Waals surface area contributed by atoms with Gasteiger partial charge in [0, 0.05) is 12.0 Å². The lowest BCUT2D eigenvalue weighted by Crippen LogP contribution is -1.93. The number of ether oxygens (including phenoxy) is 1. The van der Waals surface area contributed by atoms with Crippen molar-refractivity contribution in [2.75, 3.05) is 6.61 Å². The van der Waals surface area contributed by atoms with Crippen LogP contribution in [-0.2, 0) is 12.8 Å². The Kier molecular flexibility index (Phi) is 2.86. The predicted octanol–water partition coefficient (Wildman–Crippen LogP) is 2.55. The van der Waals surface area contributed by atoms with Crippen LogP contribution in [0, 0.1) is 0 Å². The predicted molar refractivity (Wildman–Crippen MR) is 59.5 cm³/mol. The molecule has 1 aromatic rings. The maximum Gasteiger partial charge on any atom is 0.153 e. The normalized spacial score (nSPS) is 13.1. The van der Waals surface area contributed by atoms with E-state index in [-0.39, 0.29) is 0 Å². The Morgan fingerprint density at radius 2 is 2.33 bits per heavy atom. The van der Waals surface area contributed by atoms with Gasteiger partial charge in [0.1, 0.15) is 5.75 Å². The summed E-state index contributed by atoms with van der Waals surface area (Å²) in [6.45, 7) is 4.41. The van der Waals surface area contributed by atoms with E-state index in [0.717, 1.165) is 31.3 Å². The number of hydrogen-bond acceptors (Lipinski definition) is 2. The van der Waals surface area contributed by atoms with Gasteiger partial charge in [-0.3, -0.25) is 4.79 Å². The molecule has 0 aliphatic carbocycles. The summed E-state index contributed by atoms with van der Waals surface area (Å²) in [6, 6.07) is 3.87. The molecule has 0 spiro atoms. The van der Waals surface area contributed by atoms with Crippen LogP contribution in [0.1, 0.15) is 27.9 Å². The SMILES string of the molecule is C=CCCc1ccc(C=O)c2c1CCO2. The fraction of sp³-hybridized carbons (Fsp3) is 0.308. The third kappa shape index (κ3) is 1.80. The molecule has 0 fully saturated rings. The van der Waals surface area contributed by atoms with Gasteiger partial charge in [-0.05, 0) is 24.5 Å². The van der Waals surface area contributed by atoms with Crippen LogP contribution < -0.4 is 4.74 Å². The summed E-state index contributed by atoms with van der Waals surface area (Å²) < 4.78 is 5.48. The van der Waals surface area contributed by atoms with Crippen molar-refractivity contribution in [2.24, 2.45) is 0 Å². The van der Waals surface area contributed by atoms with Gasteiger partial charge in [-0.15, -0.1) is 6.58 Å². The van der Waals surface area contributed by atoms with Crippen LogP contribution in [0.15, 0.2) is 24.8 Å². The Balaban J connectivity index is 2.37. The van der Waals surface area contributed by atoms with Crippen LogP contribution in [0.25, 0.3) is 0 Å². The second-order valence-corrected chi connectivity index (χ2v) is 3.67. The van der Waals surface area contributed by atoms with E-state index in [9.17, 15) is 4.79 Å². The van der Waals surface area contributed by atoms with E-state index < -0.39 is 0 Å². The van der Waals surface area contributed by atoms with Crippen LogP contribution in [0.5, 0.6) is 5.75 Å². The van der Waals surface area contributed by atoms with E-state index >= 15 is 0 Å². The van der Waals surface area contributed by atoms with Crippen molar-refractivity contribution < 1.29 is 9.53 Å². The number of hydrogen-bond donors (Lipinski definition) is 0. The number of carbonyl (C=O) groups excluding carboxylic acids is 1. The van der Waals surface area contributed by atoms with Crippen LogP contribution in [0.2, 0.25) is 0 Å². The van der Waals surface area contributed by atoms with Crippen molar-refractivity contribution in [2.45, 2.75) is 19.3 Å². The molecule has 0 unspecified atom stereocenters. The molecule has 1 aliphatic rings. The highest BCUT2D eigenvalue weighted by Gasteiger charge is 2.19. The largest absolute Gasteiger partial charge is 0.492 e. The summed E-state index contributed by atoms with van der Waals surface area (Å²) in [5, 5.41) is 0. The lowest BCUT2D eigenvalue weighted by Gasteiger charge is -2.07. The van der Waals surface area contributed by atoms with Gasteiger partial charge in [-0.25, -0.2) is 0 Å². The molecule has 0 atom stereocenters. The van der Waals surface area contributed by atoms with Gasteiger partial charge in [0.25, 0.3) is 0 Å². The zero-order valence-electron chi connectivity index (χ0n) is 8.66. The van der Waals surface area contributed by atoms with E-state index in [2.05, 4.69) is 6.58 Å². The molecule has 0 saturated carbocycles. The first-order chi connectivity index (χ1) is 7.36. The average molecular weight is 202 g/mol. The molecule has 1 heterocycles. The highest BCUT2D eigenvalue weighted by atomic mass is 16.5. The fourth-order valence-electron chi connectivity index (χ4n) is 1.97. The number of allylic oxidation sites excluding steroid dienone is 1. The zero-order chi connectivity index (χ0) is 10.7. The molecule has 1 aliphatic heterocycles. The first-order valence-corrected chi connectivity index (χ1v) is 5.20. The Morgan fingerprint density at radius 3 is 3.07 bits per heavy atom. The number of benzene rings is 1. The third-order valence-electron chi connectivity index (χ3n) is 2.73. The summed E-state index contributed by atoms with van der Waals surface area (Å²) in [4.78, 5) is 10.8. The lowest BCUT2D eigenvalue weighted by molar-refractivity contribution is 0.112. The second kappa shape index (κ2) is 4.30. The quantitative estimate of drug-likeness (QED) is 0.554. The summed E-state index contributed by atoms with van der Waals surface area (Å²) in [6.07, 6.45) is 5.64. The van der Waals surface area contributed by atoms with E-state index in [1.807, 2.05) is 18.2 Å². The molecule has 0 N–H and O–H groups in total. The molecule has 78 valence electrons. The van der Waals surface area contributed by atoms with Crippen LogP contribution in [0.3, 0.4) is 0 Å². The van der Waals surface area contributed by atoms with Gasteiger partial charge in [-0.2, -0.15) is 0 Å². The van der Waals surface area contributed by atoms with Gasteiger partial charge in [-0.1, -0.05) is 12.1 Å². The van der Waals surface area contributed by atoms with Gasteiger partial charge in [0.05, 0.1) is 12.2 Å². The fourth-order valence-corrected chi connectivity index (χ4v) is 1.97. The molecule has 0 amide bonds. The number of carbonyl (C=O) groups is 1.